The Hall–Kier alpha value is -1.88. The number of para-hydroxylation sites is 1. The Balaban J connectivity index is 1.96. The normalized spacial score (nSPS) is 14.9. The lowest BCUT2D eigenvalue weighted by Crippen LogP contribution is -2.43. The van der Waals surface area contributed by atoms with Gasteiger partial charge in [0.05, 0.1) is 18.8 Å². The number of hydrogen-bond acceptors (Lipinski definition) is 4. The number of benzene rings is 1. The number of amides is 1. The summed E-state index contributed by atoms with van der Waals surface area (Å²) in [4.78, 5) is 25.5. The first-order chi connectivity index (χ1) is 9.72. The first-order valence-electron chi connectivity index (χ1n) is 6.83. The van der Waals surface area contributed by atoms with Gasteiger partial charge in [0.2, 0.25) is 0 Å². The fraction of sp³-hybridized carbons (Fsp3) is 0.467. The molecule has 0 spiro atoms. The number of rotatable bonds is 5. The van der Waals surface area contributed by atoms with Crippen molar-refractivity contribution in [2.75, 3.05) is 32.9 Å². The van der Waals surface area contributed by atoms with Crippen molar-refractivity contribution in [2.24, 2.45) is 0 Å². The molecule has 0 unspecified atom stereocenters. The molecule has 5 heteroatoms. The highest BCUT2D eigenvalue weighted by molar-refractivity contribution is 5.98. The monoisotopic (exact) mass is 277 g/mol. The third-order valence-electron chi connectivity index (χ3n) is 3.22. The maximum absolute atomic E-state index is 12.0. The van der Waals surface area contributed by atoms with Crippen LogP contribution in [0.2, 0.25) is 0 Å². The van der Waals surface area contributed by atoms with Gasteiger partial charge < -0.3 is 14.4 Å². The van der Waals surface area contributed by atoms with Gasteiger partial charge in [-0.15, -0.1) is 0 Å². The molecule has 0 atom stereocenters. The number of carbonyl (C=O) groups excluding carboxylic acids is 2. The molecular weight excluding hydrogens is 258 g/mol. The highest BCUT2D eigenvalue weighted by Gasteiger charge is 2.18. The van der Waals surface area contributed by atoms with Gasteiger partial charge in [0.25, 0.3) is 5.91 Å². The molecular formula is C15H19NO4. The van der Waals surface area contributed by atoms with Gasteiger partial charge in [-0.05, 0) is 12.1 Å². The van der Waals surface area contributed by atoms with Crippen LogP contribution in [-0.4, -0.2) is 49.5 Å². The van der Waals surface area contributed by atoms with Crippen molar-refractivity contribution in [1.29, 1.82) is 0 Å². The molecule has 1 amide bonds. The molecule has 0 bridgehead atoms. The summed E-state index contributed by atoms with van der Waals surface area (Å²) in [5, 5.41) is 0. The van der Waals surface area contributed by atoms with Gasteiger partial charge >= 0.3 is 0 Å². The minimum Gasteiger partial charge on any atom is -0.483 e. The molecule has 1 heterocycles. The van der Waals surface area contributed by atoms with E-state index in [1.165, 1.54) is 0 Å². The summed E-state index contributed by atoms with van der Waals surface area (Å²) in [6.07, 6.45) is 0.414. The number of ether oxygens (including phenoxy) is 2. The van der Waals surface area contributed by atoms with Crippen molar-refractivity contribution in [1.82, 2.24) is 4.90 Å². The average Bonchev–Trinajstić information content (AvgIpc) is 2.53. The predicted molar refractivity (Wildman–Crippen MR) is 74.0 cm³/mol. The second-order valence-corrected chi connectivity index (χ2v) is 4.55. The summed E-state index contributed by atoms with van der Waals surface area (Å²) in [6.45, 7) is 4.08. The van der Waals surface area contributed by atoms with E-state index in [4.69, 9.17) is 9.47 Å². The molecule has 0 aliphatic carbocycles. The van der Waals surface area contributed by atoms with E-state index in [0.29, 0.717) is 44.0 Å². The SMILES string of the molecule is CCC(=O)c1ccccc1OCC(=O)N1CCOCC1. The van der Waals surface area contributed by atoms with Crippen molar-refractivity contribution >= 4 is 11.7 Å². The van der Waals surface area contributed by atoms with Crippen LogP contribution >= 0.6 is 0 Å². The zero-order valence-electron chi connectivity index (χ0n) is 11.6. The smallest absolute Gasteiger partial charge is 0.260 e. The van der Waals surface area contributed by atoms with E-state index in [0.717, 1.165) is 0 Å². The molecule has 1 saturated heterocycles. The molecule has 108 valence electrons. The highest BCUT2D eigenvalue weighted by Crippen LogP contribution is 2.19. The van der Waals surface area contributed by atoms with Crippen LogP contribution in [0.5, 0.6) is 5.75 Å². The molecule has 0 saturated carbocycles. The molecule has 5 nitrogen and oxygen atoms in total. The van der Waals surface area contributed by atoms with Crippen LogP contribution in [0.25, 0.3) is 0 Å². The summed E-state index contributed by atoms with van der Waals surface area (Å²) in [7, 11) is 0. The summed E-state index contributed by atoms with van der Waals surface area (Å²) in [5.74, 6) is 0.410. The van der Waals surface area contributed by atoms with E-state index in [-0.39, 0.29) is 18.3 Å². The van der Waals surface area contributed by atoms with Crippen LogP contribution in [0.4, 0.5) is 0 Å². The van der Waals surface area contributed by atoms with Crippen LogP contribution in [0, 0.1) is 0 Å². The van der Waals surface area contributed by atoms with Crippen LogP contribution < -0.4 is 4.74 Å². The third-order valence-corrected chi connectivity index (χ3v) is 3.22. The summed E-state index contributed by atoms with van der Waals surface area (Å²) < 4.78 is 10.7. The van der Waals surface area contributed by atoms with Crippen LogP contribution in [-0.2, 0) is 9.53 Å². The van der Waals surface area contributed by atoms with Crippen LogP contribution in [0.3, 0.4) is 0 Å². The second kappa shape index (κ2) is 7.05. The number of hydrogen-bond donors (Lipinski definition) is 0. The van der Waals surface area contributed by atoms with E-state index in [1.54, 1.807) is 36.1 Å². The molecule has 2 rings (SSSR count). The Bertz CT molecular complexity index is 481. The molecule has 1 aromatic carbocycles. The molecule has 0 N–H and O–H groups in total. The Labute approximate surface area is 118 Å². The zero-order chi connectivity index (χ0) is 14.4. The van der Waals surface area contributed by atoms with Gasteiger partial charge in [0, 0.05) is 19.5 Å². The van der Waals surface area contributed by atoms with Crippen molar-refractivity contribution in [2.45, 2.75) is 13.3 Å². The topological polar surface area (TPSA) is 55.8 Å². The van der Waals surface area contributed by atoms with Gasteiger partial charge in [-0.25, -0.2) is 0 Å². The first kappa shape index (κ1) is 14.5. The van der Waals surface area contributed by atoms with Crippen molar-refractivity contribution < 1.29 is 19.1 Å². The highest BCUT2D eigenvalue weighted by atomic mass is 16.5. The van der Waals surface area contributed by atoms with Crippen molar-refractivity contribution in [3.05, 3.63) is 29.8 Å². The Morgan fingerprint density at radius 1 is 1.25 bits per heavy atom. The Kier molecular flexibility index (Phi) is 5.12. The lowest BCUT2D eigenvalue weighted by atomic mass is 10.1. The quantitative estimate of drug-likeness (QED) is 0.766. The van der Waals surface area contributed by atoms with E-state index in [2.05, 4.69) is 0 Å². The standard InChI is InChI=1S/C15H19NO4/c1-2-13(17)12-5-3-4-6-14(12)20-11-15(18)16-7-9-19-10-8-16/h3-6H,2,7-11H2,1H3. The largest absolute Gasteiger partial charge is 0.483 e. The Morgan fingerprint density at radius 3 is 2.65 bits per heavy atom. The molecule has 0 aromatic heterocycles. The maximum atomic E-state index is 12.0. The van der Waals surface area contributed by atoms with Crippen molar-refractivity contribution in [3.8, 4) is 5.75 Å². The fourth-order valence-corrected chi connectivity index (χ4v) is 2.06. The molecule has 1 aliphatic heterocycles. The Morgan fingerprint density at radius 2 is 1.95 bits per heavy atom. The van der Waals surface area contributed by atoms with Gasteiger partial charge in [-0.2, -0.15) is 0 Å². The van der Waals surface area contributed by atoms with E-state index in [9.17, 15) is 9.59 Å². The number of Topliss-reactive ketones (excluding diaryl/α,β-unsaturated/α-hetero) is 1. The van der Waals surface area contributed by atoms with Gasteiger partial charge in [-0.3, -0.25) is 9.59 Å². The number of carbonyl (C=O) groups is 2. The maximum Gasteiger partial charge on any atom is 0.260 e. The molecule has 1 aliphatic rings. The summed E-state index contributed by atoms with van der Waals surface area (Å²) >= 11 is 0. The first-order valence-corrected chi connectivity index (χ1v) is 6.83. The van der Waals surface area contributed by atoms with Gasteiger partial charge in [-0.1, -0.05) is 19.1 Å². The van der Waals surface area contributed by atoms with Crippen molar-refractivity contribution in [3.63, 3.8) is 0 Å². The van der Waals surface area contributed by atoms with Crippen LogP contribution in [0.15, 0.2) is 24.3 Å². The number of morpholine rings is 1. The van der Waals surface area contributed by atoms with E-state index < -0.39 is 0 Å². The fourth-order valence-electron chi connectivity index (χ4n) is 2.06. The van der Waals surface area contributed by atoms with Gasteiger partial charge in [0.1, 0.15) is 5.75 Å². The molecule has 20 heavy (non-hydrogen) atoms. The minimum atomic E-state index is -0.0768. The van der Waals surface area contributed by atoms with E-state index in [1.807, 2.05) is 0 Å². The lowest BCUT2D eigenvalue weighted by Gasteiger charge is -2.26. The lowest BCUT2D eigenvalue weighted by molar-refractivity contribution is -0.137. The summed E-state index contributed by atoms with van der Waals surface area (Å²) in [5.41, 5.74) is 0.532. The zero-order valence-corrected chi connectivity index (χ0v) is 11.6. The number of ketones is 1. The van der Waals surface area contributed by atoms with E-state index >= 15 is 0 Å². The minimum absolute atomic E-state index is 0.0134. The second-order valence-electron chi connectivity index (χ2n) is 4.55. The molecule has 1 aromatic rings. The van der Waals surface area contributed by atoms with Crippen LogP contribution in [0.1, 0.15) is 23.7 Å². The average molecular weight is 277 g/mol. The number of nitrogens with zero attached hydrogens (tertiary/aromatic N) is 1. The molecule has 0 radical (unpaired) electrons. The third kappa shape index (κ3) is 3.57. The molecule has 1 fully saturated rings. The summed E-state index contributed by atoms with van der Waals surface area (Å²) in [6, 6.07) is 7.02. The van der Waals surface area contributed by atoms with Gasteiger partial charge in [0.15, 0.2) is 12.4 Å². The predicted octanol–water partition coefficient (Wildman–Crippen LogP) is 1.52.